The lowest BCUT2D eigenvalue weighted by atomic mass is 10.1. The number of nitrogens with zero attached hydrogens (tertiary/aromatic N) is 1. The summed E-state index contributed by atoms with van der Waals surface area (Å²) < 4.78 is 44.7. The topological polar surface area (TPSA) is 55.6 Å². The van der Waals surface area contributed by atoms with Crippen LogP contribution in [0, 0.1) is 17.5 Å². The summed E-state index contributed by atoms with van der Waals surface area (Å²) in [6.45, 7) is 0.963. The number of rotatable bonds is 2. The molecule has 1 aromatic carbocycles. The van der Waals surface area contributed by atoms with Gasteiger partial charge in [-0.25, -0.2) is 13.2 Å². The van der Waals surface area contributed by atoms with Crippen LogP contribution in [0.25, 0.3) is 0 Å². The van der Waals surface area contributed by atoms with Crippen LogP contribution in [-0.2, 0) is 4.74 Å². The largest absolute Gasteiger partial charge is 0.373 e. The van der Waals surface area contributed by atoms with Gasteiger partial charge in [-0.2, -0.15) is 0 Å². The van der Waals surface area contributed by atoms with E-state index in [4.69, 9.17) is 10.5 Å². The molecule has 1 fully saturated rings. The van der Waals surface area contributed by atoms with Gasteiger partial charge in [0, 0.05) is 19.6 Å². The molecule has 0 aromatic heterocycles. The molecule has 1 amide bonds. The zero-order valence-corrected chi connectivity index (χ0v) is 10.0. The van der Waals surface area contributed by atoms with Crippen LogP contribution in [0.15, 0.2) is 12.1 Å². The fraction of sp³-hybridized carbons (Fsp3) is 0.417. The number of hydrogen-bond donors (Lipinski definition) is 1. The van der Waals surface area contributed by atoms with E-state index in [1.165, 1.54) is 4.90 Å². The molecule has 4 nitrogen and oxygen atoms in total. The molecule has 0 spiro atoms. The highest BCUT2D eigenvalue weighted by atomic mass is 19.2. The third kappa shape index (κ3) is 2.71. The molecule has 1 atom stereocenters. The van der Waals surface area contributed by atoms with Crippen LogP contribution in [0.1, 0.15) is 10.4 Å². The summed E-state index contributed by atoms with van der Waals surface area (Å²) in [6, 6.07) is 1.66. The minimum Gasteiger partial charge on any atom is -0.373 e. The van der Waals surface area contributed by atoms with Crippen LogP contribution in [0.2, 0.25) is 0 Å². The number of nitrogens with two attached hydrogens (primary N) is 1. The maximum atomic E-state index is 13.5. The van der Waals surface area contributed by atoms with Crippen molar-refractivity contribution in [1.29, 1.82) is 0 Å². The van der Waals surface area contributed by atoms with Crippen LogP contribution >= 0.6 is 0 Å². The minimum atomic E-state index is -1.64. The van der Waals surface area contributed by atoms with E-state index in [9.17, 15) is 18.0 Å². The van der Waals surface area contributed by atoms with Gasteiger partial charge in [-0.3, -0.25) is 4.79 Å². The highest BCUT2D eigenvalue weighted by molar-refractivity contribution is 5.94. The third-order valence-corrected chi connectivity index (χ3v) is 2.95. The van der Waals surface area contributed by atoms with E-state index in [1.54, 1.807) is 0 Å². The van der Waals surface area contributed by atoms with Crippen molar-refractivity contribution in [2.75, 3.05) is 26.2 Å². The molecule has 0 bridgehead atoms. The minimum absolute atomic E-state index is 0.202. The molecular formula is C12H13F3N2O2. The fourth-order valence-corrected chi connectivity index (χ4v) is 1.91. The molecule has 2 N–H and O–H groups in total. The number of amides is 1. The van der Waals surface area contributed by atoms with Gasteiger partial charge < -0.3 is 15.4 Å². The third-order valence-electron chi connectivity index (χ3n) is 2.95. The Kier molecular flexibility index (Phi) is 4.06. The number of ether oxygens (including phenoxy) is 1. The molecule has 104 valence electrons. The zero-order valence-electron chi connectivity index (χ0n) is 10.0. The van der Waals surface area contributed by atoms with Gasteiger partial charge in [-0.1, -0.05) is 0 Å². The van der Waals surface area contributed by atoms with E-state index in [2.05, 4.69) is 0 Å². The lowest BCUT2D eigenvalue weighted by Gasteiger charge is -2.32. The Hall–Kier alpha value is -1.60. The van der Waals surface area contributed by atoms with Crippen molar-refractivity contribution < 1.29 is 22.7 Å². The average molecular weight is 274 g/mol. The smallest absolute Gasteiger partial charge is 0.257 e. The number of halogens is 3. The molecule has 0 radical (unpaired) electrons. The first kappa shape index (κ1) is 13.8. The number of morpholine rings is 1. The second kappa shape index (κ2) is 5.58. The molecule has 7 heteroatoms. The normalized spacial score (nSPS) is 19.6. The molecular weight excluding hydrogens is 261 g/mol. The molecule has 19 heavy (non-hydrogen) atoms. The Morgan fingerprint density at radius 3 is 2.79 bits per heavy atom. The van der Waals surface area contributed by atoms with Crippen LogP contribution < -0.4 is 5.73 Å². The number of carbonyl (C=O) groups excluding carboxylic acids is 1. The number of hydrogen-bond acceptors (Lipinski definition) is 3. The molecule has 0 saturated carbocycles. The van der Waals surface area contributed by atoms with Crippen molar-refractivity contribution in [2.24, 2.45) is 5.73 Å². The SMILES string of the molecule is NC[C@H]1CN(C(=O)c2ccc(F)c(F)c2F)CCO1. The molecule has 1 aliphatic heterocycles. The lowest BCUT2D eigenvalue weighted by molar-refractivity contribution is -0.0169. The Morgan fingerprint density at radius 2 is 2.11 bits per heavy atom. The monoisotopic (exact) mass is 274 g/mol. The summed E-state index contributed by atoms with van der Waals surface area (Å²) in [7, 11) is 0. The fourth-order valence-electron chi connectivity index (χ4n) is 1.91. The quantitative estimate of drug-likeness (QED) is 0.815. The van der Waals surface area contributed by atoms with Crippen molar-refractivity contribution in [2.45, 2.75) is 6.10 Å². The van der Waals surface area contributed by atoms with Gasteiger partial charge in [0.25, 0.3) is 5.91 Å². The van der Waals surface area contributed by atoms with E-state index in [0.717, 1.165) is 12.1 Å². The van der Waals surface area contributed by atoms with Crippen LogP contribution in [0.4, 0.5) is 13.2 Å². The number of carbonyl (C=O) groups is 1. The van der Waals surface area contributed by atoms with E-state index in [0.29, 0.717) is 0 Å². The van der Waals surface area contributed by atoms with Gasteiger partial charge in [0.05, 0.1) is 18.3 Å². The molecule has 1 saturated heterocycles. The zero-order chi connectivity index (χ0) is 14.0. The lowest BCUT2D eigenvalue weighted by Crippen LogP contribution is -2.48. The predicted octanol–water partition coefficient (Wildman–Crippen LogP) is 0.904. The molecule has 1 aromatic rings. The van der Waals surface area contributed by atoms with E-state index < -0.39 is 28.9 Å². The van der Waals surface area contributed by atoms with Crippen LogP contribution in [0.5, 0.6) is 0 Å². The second-order valence-corrected chi connectivity index (χ2v) is 4.20. The van der Waals surface area contributed by atoms with Gasteiger partial charge in [-0.05, 0) is 12.1 Å². The Morgan fingerprint density at radius 1 is 1.37 bits per heavy atom. The first-order valence-electron chi connectivity index (χ1n) is 5.79. The maximum absolute atomic E-state index is 13.5. The van der Waals surface area contributed by atoms with Crippen molar-refractivity contribution >= 4 is 5.91 Å². The standard InChI is InChI=1S/C12H13F3N2O2/c13-9-2-1-8(10(14)11(9)15)12(18)17-3-4-19-7(5-16)6-17/h1-2,7H,3-6,16H2/t7-/m0/s1. The van der Waals surface area contributed by atoms with Gasteiger partial charge >= 0.3 is 0 Å². The van der Waals surface area contributed by atoms with Crippen molar-refractivity contribution in [3.8, 4) is 0 Å². The van der Waals surface area contributed by atoms with Crippen molar-refractivity contribution in [3.63, 3.8) is 0 Å². The molecule has 1 heterocycles. The first-order chi connectivity index (χ1) is 9.04. The molecule has 0 unspecified atom stereocenters. The maximum Gasteiger partial charge on any atom is 0.257 e. The van der Waals surface area contributed by atoms with E-state index in [-0.39, 0.29) is 32.3 Å². The summed E-state index contributed by atoms with van der Waals surface area (Å²) >= 11 is 0. The molecule has 0 aliphatic carbocycles. The van der Waals surface area contributed by atoms with Gasteiger partial charge in [0.2, 0.25) is 0 Å². The van der Waals surface area contributed by atoms with Crippen LogP contribution in [-0.4, -0.2) is 43.2 Å². The summed E-state index contributed by atoms with van der Waals surface area (Å²) in [6.07, 6.45) is -0.328. The van der Waals surface area contributed by atoms with Crippen LogP contribution in [0.3, 0.4) is 0 Å². The van der Waals surface area contributed by atoms with E-state index >= 15 is 0 Å². The first-order valence-corrected chi connectivity index (χ1v) is 5.79. The van der Waals surface area contributed by atoms with Gasteiger partial charge in [0.15, 0.2) is 17.5 Å². The summed E-state index contributed by atoms with van der Waals surface area (Å²) in [5.74, 6) is -5.13. The molecule has 2 rings (SSSR count). The van der Waals surface area contributed by atoms with Crippen molar-refractivity contribution in [1.82, 2.24) is 4.90 Å². The Balaban J connectivity index is 2.22. The summed E-state index contributed by atoms with van der Waals surface area (Å²) in [4.78, 5) is 13.4. The molecule has 1 aliphatic rings. The predicted molar refractivity (Wildman–Crippen MR) is 61.0 cm³/mol. The van der Waals surface area contributed by atoms with Crippen molar-refractivity contribution in [3.05, 3.63) is 35.1 Å². The van der Waals surface area contributed by atoms with E-state index in [1.807, 2.05) is 0 Å². The Labute approximate surface area is 107 Å². The Bertz CT molecular complexity index is 496. The second-order valence-electron chi connectivity index (χ2n) is 4.20. The van der Waals surface area contributed by atoms with Gasteiger partial charge in [0.1, 0.15) is 0 Å². The number of benzene rings is 1. The summed E-state index contributed by atoms with van der Waals surface area (Å²) in [5, 5.41) is 0. The summed E-state index contributed by atoms with van der Waals surface area (Å²) in [5.41, 5.74) is 4.94. The highest BCUT2D eigenvalue weighted by Gasteiger charge is 2.27. The van der Waals surface area contributed by atoms with Gasteiger partial charge in [-0.15, -0.1) is 0 Å². The average Bonchev–Trinajstić information content (AvgIpc) is 2.44. The highest BCUT2D eigenvalue weighted by Crippen LogP contribution is 2.18.